The van der Waals surface area contributed by atoms with Crippen molar-refractivity contribution in [2.45, 2.75) is 31.6 Å². The zero-order valence-corrected chi connectivity index (χ0v) is 19.0. The van der Waals surface area contributed by atoms with Crippen molar-refractivity contribution in [1.82, 2.24) is 20.4 Å². The smallest absolute Gasteiger partial charge is 0.357 e. The molecule has 2 unspecified atom stereocenters. The molecule has 1 aromatic rings. The van der Waals surface area contributed by atoms with Crippen LogP contribution in [0.1, 0.15) is 24.9 Å². The monoisotopic (exact) mass is 513 g/mol. The van der Waals surface area contributed by atoms with Crippen LogP contribution >= 0.6 is 24.0 Å². The summed E-state index contributed by atoms with van der Waals surface area (Å²) in [6.07, 6.45) is -3.47. The zero-order chi connectivity index (χ0) is 19.9. The number of guanidine groups is 1. The van der Waals surface area contributed by atoms with Gasteiger partial charge in [0.05, 0.1) is 19.1 Å². The topological polar surface area (TPSA) is 42.9 Å². The summed E-state index contributed by atoms with van der Waals surface area (Å²) in [5.41, 5.74) is 1.18. The number of halogens is 4. The van der Waals surface area contributed by atoms with E-state index in [1.54, 1.807) is 0 Å². The number of alkyl halides is 3. The maximum atomic E-state index is 12.6. The molecule has 5 nitrogen and oxygen atoms in total. The van der Waals surface area contributed by atoms with E-state index in [0.717, 1.165) is 0 Å². The lowest BCUT2D eigenvalue weighted by atomic mass is 10.1. The Morgan fingerprint density at radius 3 is 2.54 bits per heavy atom. The number of likely N-dealkylation sites (N-methyl/N-ethyl adjacent to an activating group) is 1. The highest BCUT2D eigenvalue weighted by molar-refractivity contribution is 14.0. The molecule has 1 aromatic carbocycles. The standard InChI is InChI=1S/C19H30F3N5.HI/c1-4-23-18(25-16-10-11-27(13-16)14-19(20,21)22)24-12-17(26(2)3)15-8-6-5-7-9-15;/h5-9,16-17H,4,10-14H2,1-3H3,(H2,23,24,25);1H. The summed E-state index contributed by atoms with van der Waals surface area (Å²) in [6, 6.07) is 10.3. The van der Waals surface area contributed by atoms with Crippen LogP contribution in [0.2, 0.25) is 0 Å². The molecule has 1 saturated heterocycles. The third-order valence-electron chi connectivity index (χ3n) is 4.59. The number of nitrogens with one attached hydrogen (secondary N) is 2. The first-order valence-corrected chi connectivity index (χ1v) is 9.34. The fourth-order valence-corrected chi connectivity index (χ4v) is 3.28. The molecule has 2 N–H and O–H groups in total. The highest BCUT2D eigenvalue weighted by Crippen LogP contribution is 2.20. The van der Waals surface area contributed by atoms with Crippen LogP contribution < -0.4 is 10.6 Å². The summed E-state index contributed by atoms with van der Waals surface area (Å²) < 4.78 is 37.7. The molecule has 1 aliphatic rings. The van der Waals surface area contributed by atoms with Crippen molar-refractivity contribution in [3.8, 4) is 0 Å². The van der Waals surface area contributed by atoms with E-state index in [1.165, 1.54) is 10.5 Å². The third kappa shape index (κ3) is 8.52. The highest BCUT2D eigenvalue weighted by atomic mass is 127. The van der Waals surface area contributed by atoms with E-state index >= 15 is 0 Å². The number of hydrogen-bond donors (Lipinski definition) is 2. The number of aliphatic imine (C=N–C) groups is 1. The molecule has 0 amide bonds. The summed E-state index contributed by atoms with van der Waals surface area (Å²) in [6.45, 7) is 3.20. The van der Waals surface area contributed by atoms with Crippen LogP contribution in [0.3, 0.4) is 0 Å². The van der Waals surface area contributed by atoms with Gasteiger partial charge in [0, 0.05) is 25.7 Å². The second-order valence-corrected chi connectivity index (χ2v) is 7.09. The Bertz CT molecular complexity index is 595. The van der Waals surface area contributed by atoms with Crippen LogP contribution in [0.5, 0.6) is 0 Å². The Balaban J connectivity index is 0.00000392. The second kappa shape index (κ2) is 11.8. The lowest BCUT2D eigenvalue weighted by Gasteiger charge is -2.24. The van der Waals surface area contributed by atoms with Gasteiger partial charge in [-0.2, -0.15) is 13.2 Å². The van der Waals surface area contributed by atoms with Crippen molar-refractivity contribution < 1.29 is 13.2 Å². The number of benzene rings is 1. The molecule has 2 rings (SSSR count). The van der Waals surface area contributed by atoms with E-state index in [2.05, 4.69) is 32.7 Å². The Labute approximate surface area is 182 Å². The normalized spacial score (nSPS) is 19.4. The largest absolute Gasteiger partial charge is 0.401 e. The molecule has 0 aromatic heterocycles. The van der Waals surface area contributed by atoms with Gasteiger partial charge in [0.15, 0.2) is 5.96 Å². The maximum Gasteiger partial charge on any atom is 0.401 e. The van der Waals surface area contributed by atoms with Crippen molar-refractivity contribution in [2.24, 2.45) is 4.99 Å². The van der Waals surface area contributed by atoms with Gasteiger partial charge in [0.25, 0.3) is 0 Å². The molecule has 0 saturated carbocycles. The number of nitrogens with zero attached hydrogens (tertiary/aromatic N) is 3. The van der Waals surface area contributed by atoms with Crippen molar-refractivity contribution in [1.29, 1.82) is 0 Å². The van der Waals surface area contributed by atoms with Gasteiger partial charge in [-0.1, -0.05) is 30.3 Å². The molecule has 0 aliphatic carbocycles. The zero-order valence-electron chi connectivity index (χ0n) is 16.7. The first kappa shape index (κ1) is 25.0. The van der Waals surface area contributed by atoms with E-state index in [4.69, 9.17) is 0 Å². The molecule has 28 heavy (non-hydrogen) atoms. The molecule has 160 valence electrons. The average Bonchev–Trinajstić information content (AvgIpc) is 3.00. The van der Waals surface area contributed by atoms with Gasteiger partial charge >= 0.3 is 6.18 Å². The Morgan fingerprint density at radius 2 is 1.96 bits per heavy atom. The third-order valence-corrected chi connectivity index (χ3v) is 4.59. The summed E-state index contributed by atoms with van der Waals surface area (Å²) >= 11 is 0. The SMILES string of the molecule is CCNC(=NCC(c1ccccc1)N(C)C)NC1CCN(CC(F)(F)F)C1.I. The lowest BCUT2D eigenvalue weighted by molar-refractivity contribution is -0.143. The number of likely N-dealkylation sites (tertiary alicyclic amines) is 1. The van der Waals surface area contributed by atoms with Crippen LogP contribution in [0, 0.1) is 0 Å². The van der Waals surface area contributed by atoms with Gasteiger partial charge in [0.1, 0.15) is 0 Å². The van der Waals surface area contributed by atoms with Gasteiger partial charge in [0.2, 0.25) is 0 Å². The van der Waals surface area contributed by atoms with Gasteiger partial charge in [-0.05, 0) is 33.0 Å². The van der Waals surface area contributed by atoms with E-state index < -0.39 is 12.7 Å². The van der Waals surface area contributed by atoms with Gasteiger partial charge in [-0.25, -0.2) is 0 Å². The van der Waals surface area contributed by atoms with E-state index in [9.17, 15) is 13.2 Å². The van der Waals surface area contributed by atoms with Crippen molar-refractivity contribution in [3.05, 3.63) is 35.9 Å². The van der Waals surface area contributed by atoms with E-state index in [1.807, 2.05) is 39.2 Å². The van der Waals surface area contributed by atoms with Crippen LogP contribution in [-0.4, -0.2) is 74.8 Å². The lowest BCUT2D eigenvalue weighted by Crippen LogP contribution is -2.45. The van der Waals surface area contributed by atoms with E-state index in [-0.39, 0.29) is 36.1 Å². The fourth-order valence-electron chi connectivity index (χ4n) is 3.28. The Morgan fingerprint density at radius 1 is 1.29 bits per heavy atom. The molecule has 9 heteroatoms. The molecule has 0 bridgehead atoms. The summed E-state index contributed by atoms with van der Waals surface area (Å²) in [7, 11) is 4.03. The molecule has 2 atom stereocenters. The van der Waals surface area contributed by atoms with Crippen LogP contribution in [0.15, 0.2) is 35.3 Å². The molecule has 1 heterocycles. The summed E-state index contributed by atoms with van der Waals surface area (Å²) in [4.78, 5) is 8.24. The summed E-state index contributed by atoms with van der Waals surface area (Å²) in [5, 5.41) is 6.49. The van der Waals surface area contributed by atoms with Crippen LogP contribution in [0.25, 0.3) is 0 Å². The molecule has 0 radical (unpaired) electrons. The summed E-state index contributed by atoms with van der Waals surface area (Å²) in [5.74, 6) is 0.652. The molecular weight excluding hydrogens is 482 g/mol. The van der Waals surface area contributed by atoms with Crippen LogP contribution in [-0.2, 0) is 0 Å². The average molecular weight is 513 g/mol. The van der Waals surface area contributed by atoms with Crippen molar-refractivity contribution >= 4 is 29.9 Å². The Kier molecular flexibility index (Phi) is 10.5. The van der Waals surface area contributed by atoms with Crippen molar-refractivity contribution in [2.75, 3.05) is 46.8 Å². The van der Waals surface area contributed by atoms with Crippen LogP contribution in [0.4, 0.5) is 13.2 Å². The minimum absolute atomic E-state index is 0. The van der Waals surface area contributed by atoms with Crippen molar-refractivity contribution in [3.63, 3.8) is 0 Å². The number of rotatable bonds is 7. The molecule has 0 spiro atoms. The van der Waals surface area contributed by atoms with E-state index in [0.29, 0.717) is 38.6 Å². The minimum Gasteiger partial charge on any atom is -0.357 e. The highest BCUT2D eigenvalue weighted by Gasteiger charge is 2.34. The minimum atomic E-state index is -4.15. The fraction of sp³-hybridized carbons (Fsp3) is 0.632. The van der Waals surface area contributed by atoms with Gasteiger partial charge in [-0.3, -0.25) is 9.89 Å². The predicted molar refractivity (Wildman–Crippen MR) is 118 cm³/mol. The molecule has 1 aliphatic heterocycles. The Hall–Kier alpha value is -1.07. The first-order chi connectivity index (χ1) is 12.8. The molecule has 1 fully saturated rings. The first-order valence-electron chi connectivity index (χ1n) is 9.34. The van der Waals surface area contributed by atoms with Gasteiger partial charge < -0.3 is 15.5 Å². The van der Waals surface area contributed by atoms with Gasteiger partial charge in [-0.15, -0.1) is 24.0 Å². The maximum absolute atomic E-state index is 12.6. The quantitative estimate of drug-likeness (QED) is 0.334. The molecular formula is C19H31F3IN5. The number of hydrogen-bond acceptors (Lipinski definition) is 3. The predicted octanol–water partition coefficient (Wildman–Crippen LogP) is 3.10. The second-order valence-electron chi connectivity index (χ2n) is 7.09.